The SMILES string of the molecule is CN(C(=O)C1CCN(Cc2ccc(C(=O)O)cc2)C1)c1ccccc1. The maximum absolute atomic E-state index is 12.7. The molecule has 0 aliphatic carbocycles. The summed E-state index contributed by atoms with van der Waals surface area (Å²) in [4.78, 5) is 27.6. The van der Waals surface area contributed by atoms with Gasteiger partial charge in [0.15, 0.2) is 0 Å². The van der Waals surface area contributed by atoms with E-state index >= 15 is 0 Å². The summed E-state index contributed by atoms with van der Waals surface area (Å²) in [5.41, 5.74) is 2.27. The molecule has 25 heavy (non-hydrogen) atoms. The smallest absolute Gasteiger partial charge is 0.335 e. The van der Waals surface area contributed by atoms with Gasteiger partial charge in [0.1, 0.15) is 0 Å². The van der Waals surface area contributed by atoms with Gasteiger partial charge in [0.2, 0.25) is 5.91 Å². The summed E-state index contributed by atoms with van der Waals surface area (Å²) in [5.74, 6) is -0.763. The molecule has 1 heterocycles. The predicted octanol–water partition coefficient (Wildman–Crippen LogP) is 2.87. The largest absolute Gasteiger partial charge is 0.478 e. The number of hydrogen-bond acceptors (Lipinski definition) is 3. The molecule has 1 amide bonds. The van der Waals surface area contributed by atoms with E-state index in [0.717, 1.165) is 37.3 Å². The molecule has 2 aromatic rings. The van der Waals surface area contributed by atoms with Gasteiger partial charge >= 0.3 is 5.97 Å². The van der Waals surface area contributed by atoms with E-state index in [4.69, 9.17) is 5.11 Å². The third-order valence-electron chi connectivity index (χ3n) is 4.70. The third kappa shape index (κ3) is 4.06. The number of amides is 1. The van der Waals surface area contributed by atoms with E-state index in [1.54, 1.807) is 17.0 Å². The second-order valence-electron chi connectivity index (χ2n) is 6.46. The third-order valence-corrected chi connectivity index (χ3v) is 4.70. The molecule has 5 nitrogen and oxygen atoms in total. The van der Waals surface area contributed by atoms with Gasteiger partial charge in [-0.25, -0.2) is 4.79 Å². The summed E-state index contributed by atoms with van der Waals surface area (Å²) in [6, 6.07) is 16.6. The number of benzene rings is 2. The van der Waals surface area contributed by atoms with E-state index in [-0.39, 0.29) is 11.8 Å². The Kier molecular flexibility index (Phi) is 5.14. The van der Waals surface area contributed by atoms with Gasteiger partial charge < -0.3 is 10.0 Å². The molecule has 1 saturated heterocycles. The second kappa shape index (κ2) is 7.49. The minimum absolute atomic E-state index is 0.00324. The van der Waals surface area contributed by atoms with Crippen molar-refractivity contribution in [3.63, 3.8) is 0 Å². The van der Waals surface area contributed by atoms with E-state index in [1.165, 1.54) is 0 Å². The molecule has 0 aromatic heterocycles. The molecule has 0 saturated carbocycles. The van der Waals surface area contributed by atoms with Gasteiger partial charge in [0.05, 0.1) is 11.5 Å². The summed E-state index contributed by atoms with van der Waals surface area (Å²) >= 11 is 0. The number of likely N-dealkylation sites (tertiary alicyclic amines) is 1. The number of para-hydroxylation sites is 1. The summed E-state index contributed by atoms with van der Waals surface area (Å²) in [6.07, 6.45) is 0.850. The Hall–Kier alpha value is -2.66. The molecule has 130 valence electrons. The van der Waals surface area contributed by atoms with Crippen molar-refractivity contribution in [2.45, 2.75) is 13.0 Å². The summed E-state index contributed by atoms with van der Waals surface area (Å²) in [7, 11) is 1.82. The zero-order valence-electron chi connectivity index (χ0n) is 14.3. The Labute approximate surface area is 147 Å². The fourth-order valence-electron chi connectivity index (χ4n) is 3.24. The highest BCUT2D eigenvalue weighted by molar-refractivity contribution is 5.94. The first kappa shape index (κ1) is 17.2. The fourth-order valence-corrected chi connectivity index (χ4v) is 3.24. The zero-order valence-corrected chi connectivity index (χ0v) is 14.3. The average molecular weight is 338 g/mol. The average Bonchev–Trinajstić information content (AvgIpc) is 3.10. The summed E-state index contributed by atoms with van der Waals surface area (Å²) in [6.45, 7) is 2.34. The van der Waals surface area contributed by atoms with Crippen molar-refractivity contribution in [1.29, 1.82) is 0 Å². The lowest BCUT2D eigenvalue weighted by Gasteiger charge is -2.21. The Morgan fingerprint density at radius 2 is 1.80 bits per heavy atom. The molecular weight excluding hydrogens is 316 g/mol. The van der Waals surface area contributed by atoms with Crippen molar-refractivity contribution in [3.8, 4) is 0 Å². The van der Waals surface area contributed by atoms with Gasteiger partial charge in [-0.15, -0.1) is 0 Å². The molecule has 3 rings (SSSR count). The number of carboxylic acids is 1. The molecule has 1 N–H and O–H groups in total. The standard InChI is InChI=1S/C20H22N2O3/c1-21(18-5-3-2-4-6-18)19(23)17-11-12-22(14-17)13-15-7-9-16(10-8-15)20(24)25/h2-10,17H,11-14H2,1H3,(H,24,25). The van der Waals surface area contributed by atoms with Crippen LogP contribution in [0.3, 0.4) is 0 Å². The Bertz CT molecular complexity index is 743. The monoisotopic (exact) mass is 338 g/mol. The lowest BCUT2D eigenvalue weighted by atomic mass is 10.1. The predicted molar refractivity (Wildman–Crippen MR) is 96.6 cm³/mol. The highest BCUT2D eigenvalue weighted by atomic mass is 16.4. The van der Waals surface area contributed by atoms with E-state index in [0.29, 0.717) is 5.56 Å². The number of anilines is 1. The van der Waals surface area contributed by atoms with Crippen molar-refractivity contribution in [2.24, 2.45) is 5.92 Å². The maximum Gasteiger partial charge on any atom is 0.335 e. The number of carboxylic acid groups (broad SMARTS) is 1. The molecule has 1 aliphatic rings. The first-order valence-corrected chi connectivity index (χ1v) is 8.42. The van der Waals surface area contributed by atoms with Gasteiger partial charge in [0, 0.05) is 25.8 Å². The van der Waals surface area contributed by atoms with Crippen LogP contribution in [0.4, 0.5) is 5.69 Å². The molecule has 1 unspecified atom stereocenters. The van der Waals surface area contributed by atoms with Crippen LogP contribution in [0.1, 0.15) is 22.3 Å². The van der Waals surface area contributed by atoms with Gasteiger partial charge in [-0.2, -0.15) is 0 Å². The van der Waals surface area contributed by atoms with E-state index in [2.05, 4.69) is 4.90 Å². The number of carbonyl (C=O) groups is 2. The number of nitrogens with zero attached hydrogens (tertiary/aromatic N) is 2. The van der Waals surface area contributed by atoms with E-state index in [9.17, 15) is 9.59 Å². The van der Waals surface area contributed by atoms with Crippen LogP contribution in [0.2, 0.25) is 0 Å². The van der Waals surface area contributed by atoms with Crippen LogP contribution < -0.4 is 4.90 Å². The lowest BCUT2D eigenvalue weighted by Crippen LogP contribution is -2.34. The van der Waals surface area contributed by atoms with Crippen molar-refractivity contribution >= 4 is 17.6 Å². The van der Waals surface area contributed by atoms with Crippen LogP contribution in [-0.2, 0) is 11.3 Å². The van der Waals surface area contributed by atoms with Crippen LogP contribution in [0.15, 0.2) is 54.6 Å². The van der Waals surface area contributed by atoms with Crippen LogP contribution in [0.5, 0.6) is 0 Å². The van der Waals surface area contributed by atoms with E-state index in [1.807, 2.05) is 49.5 Å². The summed E-state index contributed by atoms with van der Waals surface area (Å²) in [5, 5.41) is 8.95. The number of rotatable bonds is 5. The molecule has 0 spiro atoms. The number of aromatic carboxylic acids is 1. The van der Waals surface area contributed by atoms with Gasteiger partial charge in [-0.05, 0) is 42.8 Å². The maximum atomic E-state index is 12.7. The van der Waals surface area contributed by atoms with Crippen molar-refractivity contribution < 1.29 is 14.7 Å². The van der Waals surface area contributed by atoms with Gasteiger partial charge in [-0.1, -0.05) is 30.3 Å². The minimum Gasteiger partial charge on any atom is -0.478 e. The first-order valence-electron chi connectivity index (χ1n) is 8.42. The molecule has 0 radical (unpaired) electrons. The zero-order chi connectivity index (χ0) is 17.8. The van der Waals surface area contributed by atoms with Crippen LogP contribution in [-0.4, -0.2) is 42.0 Å². The highest BCUT2D eigenvalue weighted by Crippen LogP contribution is 2.23. The molecule has 2 aromatic carbocycles. The molecule has 1 fully saturated rings. The lowest BCUT2D eigenvalue weighted by molar-refractivity contribution is -0.121. The van der Waals surface area contributed by atoms with Gasteiger partial charge in [-0.3, -0.25) is 9.69 Å². The highest BCUT2D eigenvalue weighted by Gasteiger charge is 2.30. The van der Waals surface area contributed by atoms with Crippen LogP contribution >= 0.6 is 0 Å². The normalized spacial score (nSPS) is 17.4. The fraction of sp³-hybridized carbons (Fsp3) is 0.300. The van der Waals surface area contributed by atoms with Crippen molar-refractivity contribution in [1.82, 2.24) is 4.90 Å². The number of carbonyl (C=O) groups excluding carboxylic acids is 1. The Morgan fingerprint density at radius 1 is 1.12 bits per heavy atom. The topological polar surface area (TPSA) is 60.9 Å². The number of hydrogen-bond donors (Lipinski definition) is 1. The van der Waals surface area contributed by atoms with Crippen molar-refractivity contribution in [2.75, 3.05) is 25.0 Å². The first-order chi connectivity index (χ1) is 12.0. The quantitative estimate of drug-likeness (QED) is 0.911. The molecule has 1 atom stereocenters. The Balaban J connectivity index is 1.58. The molecule has 0 bridgehead atoms. The molecule has 1 aliphatic heterocycles. The van der Waals surface area contributed by atoms with Crippen LogP contribution in [0.25, 0.3) is 0 Å². The molecule has 5 heteroatoms. The molecular formula is C20H22N2O3. The van der Waals surface area contributed by atoms with Gasteiger partial charge in [0.25, 0.3) is 0 Å². The summed E-state index contributed by atoms with van der Waals surface area (Å²) < 4.78 is 0. The van der Waals surface area contributed by atoms with Crippen molar-refractivity contribution in [3.05, 3.63) is 65.7 Å². The second-order valence-corrected chi connectivity index (χ2v) is 6.46. The van der Waals surface area contributed by atoms with Crippen LogP contribution in [0, 0.1) is 5.92 Å². The minimum atomic E-state index is -0.915. The Morgan fingerprint density at radius 3 is 2.44 bits per heavy atom. The van der Waals surface area contributed by atoms with E-state index < -0.39 is 5.97 Å².